The van der Waals surface area contributed by atoms with Crippen LogP contribution in [-0.4, -0.2) is 62.0 Å². The maximum absolute atomic E-state index is 11.3. The van der Waals surface area contributed by atoms with Crippen LogP contribution < -0.4 is 9.84 Å². The van der Waals surface area contributed by atoms with E-state index in [-0.39, 0.29) is 0 Å². The summed E-state index contributed by atoms with van der Waals surface area (Å²) in [5.41, 5.74) is 0.975. The van der Waals surface area contributed by atoms with Gasteiger partial charge in [-0.2, -0.15) is 13.2 Å². The molecule has 0 saturated heterocycles. The lowest BCUT2D eigenvalue weighted by Crippen LogP contribution is -2.51. The van der Waals surface area contributed by atoms with E-state index in [0.29, 0.717) is 10.9 Å². The summed E-state index contributed by atoms with van der Waals surface area (Å²) in [6.45, 7) is 0. The van der Waals surface area contributed by atoms with Crippen molar-refractivity contribution in [3.8, 4) is 5.75 Å². The molecule has 1 N–H and O–H groups in total. The molecule has 10 heteroatoms. The van der Waals surface area contributed by atoms with Gasteiger partial charge in [-0.15, -0.1) is 0 Å². The molecule has 1 unspecified atom stereocenters. The Balaban J connectivity index is 0.000000697. The summed E-state index contributed by atoms with van der Waals surface area (Å²) in [5.74, 6) is -3.04. The lowest BCUT2D eigenvalue weighted by molar-refractivity contribution is -0.887. The molecule has 0 fully saturated rings. The second-order valence-electron chi connectivity index (χ2n) is 5.93. The summed E-state index contributed by atoms with van der Waals surface area (Å²) in [7, 11) is 7.26. The van der Waals surface area contributed by atoms with Crippen LogP contribution in [0, 0.1) is 0 Å². The van der Waals surface area contributed by atoms with Gasteiger partial charge in [-0.3, -0.25) is 0 Å². The van der Waals surface area contributed by atoms with E-state index >= 15 is 0 Å². The molecule has 1 rings (SSSR count). The molecule has 0 aliphatic rings. The van der Waals surface area contributed by atoms with Crippen molar-refractivity contribution in [3.05, 3.63) is 28.2 Å². The quantitative estimate of drug-likeness (QED) is 0.715. The summed E-state index contributed by atoms with van der Waals surface area (Å²) < 4.78 is 37.9. The molecule has 0 amide bonds. The van der Waals surface area contributed by atoms with Crippen molar-refractivity contribution >= 4 is 27.9 Å². The molecule has 0 heterocycles. The number of carboxylic acids is 2. The van der Waals surface area contributed by atoms with Crippen LogP contribution in [0.25, 0.3) is 0 Å². The smallest absolute Gasteiger partial charge is 0.430 e. The highest BCUT2D eigenvalue weighted by atomic mass is 79.9. The zero-order valence-corrected chi connectivity index (χ0v) is 15.6. The molecule has 1 aromatic rings. The van der Waals surface area contributed by atoms with E-state index in [1.54, 1.807) is 7.11 Å². The lowest BCUT2D eigenvalue weighted by Gasteiger charge is -2.31. The van der Waals surface area contributed by atoms with Crippen LogP contribution in [0.4, 0.5) is 13.2 Å². The number of rotatable bonds is 5. The summed E-state index contributed by atoms with van der Waals surface area (Å²) in [4.78, 5) is 20.1. The predicted octanol–water partition coefficient (Wildman–Crippen LogP) is 1.46. The van der Waals surface area contributed by atoms with Gasteiger partial charge >= 0.3 is 12.1 Å². The first kappa shape index (κ1) is 23.2. The van der Waals surface area contributed by atoms with Crippen molar-refractivity contribution in [2.24, 2.45) is 0 Å². The molecule has 0 aromatic heterocycles. The number of hydrogen-bond acceptors (Lipinski definition) is 4. The lowest BCUT2D eigenvalue weighted by atomic mass is 10.0. The van der Waals surface area contributed by atoms with Crippen LogP contribution in [0.3, 0.4) is 0 Å². The molecule has 0 bridgehead atoms. The molecule has 1 aromatic carbocycles. The number of benzene rings is 1. The Morgan fingerprint density at radius 1 is 1.32 bits per heavy atom. The minimum absolute atomic E-state index is 0.388. The van der Waals surface area contributed by atoms with Crippen LogP contribution >= 0.6 is 15.9 Å². The molecule has 6 nitrogen and oxygen atoms in total. The first-order chi connectivity index (χ1) is 11.2. The van der Waals surface area contributed by atoms with Crippen LogP contribution in [-0.2, 0) is 16.0 Å². The number of carboxylic acid groups (broad SMARTS) is 2. The Morgan fingerprint density at radius 3 is 2.08 bits per heavy atom. The third kappa shape index (κ3) is 8.21. The minimum Gasteiger partial charge on any atom is -0.542 e. The fourth-order valence-corrected chi connectivity index (χ4v) is 2.34. The number of ether oxygens (including phenoxy) is 1. The number of alkyl halides is 3. The number of hydrogen-bond donors (Lipinski definition) is 1. The van der Waals surface area contributed by atoms with Crippen LogP contribution in [0.1, 0.15) is 5.56 Å². The molecule has 0 spiro atoms. The molecule has 0 aliphatic heterocycles. The fourth-order valence-electron chi connectivity index (χ4n) is 1.75. The Kier molecular flexibility index (Phi) is 8.39. The van der Waals surface area contributed by atoms with Crippen LogP contribution in [0.5, 0.6) is 5.75 Å². The molecular formula is C15H19BrF3NO5. The Labute approximate surface area is 151 Å². The van der Waals surface area contributed by atoms with Gasteiger partial charge in [0.2, 0.25) is 0 Å². The van der Waals surface area contributed by atoms with Gasteiger partial charge in [-0.05, 0) is 33.6 Å². The number of carbonyl (C=O) groups excluding carboxylic acids is 1. The number of nitrogens with zero attached hydrogens (tertiary/aromatic N) is 1. The molecule has 0 saturated carbocycles. The summed E-state index contributed by atoms with van der Waals surface area (Å²) >= 11 is 3.41. The van der Waals surface area contributed by atoms with Crippen LogP contribution in [0.15, 0.2) is 22.7 Å². The highest BCUT2D eigenvalue weighted by Crippen LogP contribution is 2.26. The van der Waals surface area contributed by atoms with E-state index in [2.05, 4.69) is 15.9 Å². The minimum atomic E-state index is -5.19. The highest BCUT2D eigenvalue weighted by Gasteiger charge is 2.31. The fraction of sp³-hybridized carbons (Fsp3) is 0.467. The molecule has 142 valence electrons. The molecule has 0 aliphatic carbocycles. The first-order valence-electron chi connectivity index (χ1n) is 6.84. The third-order valence-electron chi connectivity index (χ3n) is 3.10. The van der Waals surface area contributed by atoms with E-state index in [1.165, 1.54) is 0 Å². The molecular weight excluding hydrogens is 411 g/mol. The summed E-state index contributed by atoms with van der Waals surface area (Å²) in [6.07, 6.45) is -4.71. The predicted molar refractivity (Wildman–Crippen MR) is 84.9 cm³/mol. The summed E-state index contributed by atoms with van der Waals surface area (Å²) in [6, 6.07) is 5.18. The van der Waals surface area contributed by atoms with E-state index in [4.69, 9.17) is 14.6 Å². The van der Waals surface area contributed by atoms with Gasteiger partial charge in [0, 0.05) is 6.42 Å². The van der Waals surface area contributed by atoms with Crippen molar-refractivity contribution in [2.75, 3.05) is 28.3 Å². The second kappa shape index (κ2) is 9.04. The van der Waals surface area contributed by atoms with Gasteiger partial charge in [0.15, 0.2) is 6.04 Å². The Bertz CT molecular complexity index is 614. The van der Waals surface area contributed by atoms with Gasteiger partial charge in [-0.1, -0.05) is 6.07 Å². The van der Waals surface area contributed by atoms with Crippen molar-refractivity contribution in [3.63, 3.8) is 0 Å². The molecule has 25 heavy (non-hydrogen) atoms. The number of methoxy groups -OCH3 is 1. The maximum atomic E-state index is 11.3. The zero-order chi connectivity index (χ0) is 20.0. The van der Waals surface area contributed by atoms with Crippen molar-refractivity contribution < 1.29 is 42.2 Å². The van der Waals surface area contributed by atoms with Gasteiger partial charge in [-0.25, -0.2) is 4.79 Å². The van der Waals surface area contributed by atoms with Crippen LogP contribution in [0.2, 0.25) is 0 Å². The van der Waals surface area contributed by atoms with E-state index in [9.17, 15) is 23.1 Å². The van der Waals surface area contributed by atoms with E-state index in [0.717, 1.165) is 15.8 Å². The average Bonchev–Trinajstić information content (AvgIpc) is 2.43. The normalized spacial score (nSPS) is 12.6. The molecule has 1 atom stereocenters. The van der Waals surface area contributed by atoms with Gasteiger partial charge in [0.1, 0.15) is 11.7 Å². The topological polar surface area (TPSA) is 86.7 Å². The Morgan fingerprint density at radius 2 is 1.80 bits per heavy atom. The zero-order valence-electron chi connectivity index (χ0n) is 14.1. The van der Waals surface area contributed by atoms with Gasteiger partial charge < -0.3 is 24.2 Å². The third-order valence-corrected chi connectivity index (χ3v) is 3.72. The largest absolute Gasteiger partial charge is 0.542 e. The van der Waals surface area contributed by atoms with Crippen molar-refractivity contribution in [2.45, 2.75) is 18.6 Å². The average molecular weight is 430 g/mol. The second-order valence-corrected chi connectivity index (χ2v) is 6.78. The van der Waals surface area contributed by atoms with E-state index < -0.39 is 24.2 Å². The summed E-state index contributed by atoms with van der Waals surface area (Å²) in [5, 5.41) is 18.1. The molecule has 0 radical (unpaired) electrons. The van der Waals surface area contributed by atoms with E-state index in [1.807, 2.05) is 39.3 Å². The number of halogens is 4. The van der Waals surface area contributed by atoms with Gasteiger partial charge in [0.05, 0.1) is 32.7 Å². The Hall–Kier alpha value is -1.81. The number of aliphatic carboxylic acids is 2. The van der Waals surface area contributed by atoms with Crippen molar-refractivity contribution in [1.29, 1.82) is 0 Å². The highest BCUT2D eigenvalue weighted by molar-refractivity contribution is 9.10. The first-order valence-corrected chi connectivity index (χ1v) is 7.64. The maximum Gasteiger partial charge on any atom is 0.430 e. The number of carbonyl (C=O) groups is 2. The number of likely N-dealkylation sites (N-methyl/N-ethyl adjacent to an activating group) is 1. The standard InChI is InChI=1S/C13H18BrNO3.C2HF3O2/c1-15(2,3)11(13(16)17)8-9-5-6-12(18-4)10(14)7-9;3-2(4,5)1(6)7/h5-7,11H,8H2,1-4H3;(H,6,7). The monoisotopic (exact) mass is 429 g/mol. The van der Waals surface area contributed by atoms with Gasteiger partial charge in [0.25, 0.3) is 0 Å². The van der Waals surface area contributed by atoms with Crippen molar-refractivity contribution in [1.82, 2.24) is 0 Å². The SMILES string of the molecule is COc1ccc(CC(C(=O)O)[N+](C)(C)C)cc1Br.O=C([O-])C(F)(F)F. The number of quaternary nitrogens is 1.